The maximum atomic E-state index is 5.11. The van der Waals surface area contributed by atoms with E-state index in [-0.39, 0.29) is 0 Å². The molecule has 4 nitrogen and oxygen atoms in total. The lowest BCUT2D eigenvalue weighted by Gasteiger charge is -2.27. The number of anilines is 3. The molecule has 0 unspecified atom stereocenters. The SMILES string of the molecule is C1=Cc2ccccc2N(c2ccc(-c3nc4ccccc4n3-c3cccc4cccnc34)cc2)c2ccccc21. The maximum Gasteiger partial charge on any atom is 0.145 e. The Labute approximate surface area is 232 Å². The largest absolute Gasteiger partial charge is 0.309 e. The maximum absolute atomic E-state index is 5.11. The lowest BCUT2D eigenvalue weighted by Crippen LogP contribution is -2.11. The van der Waals surface area contributed by atoms with E-state index in [9.17, 15) is 0 Å². The quantitative estimate of drug-likeness (QED) is 0.237. The van der Waals surface area contributed by atoms with Crippen LogP contribution in [0.15, 0.2) is 134 Å². The molecule has 0 radical (unpaired) electrons. The Bertz CT molecular complexity index is 2010. The van der Waals surface area contributed by atoms with Crippen LogP contribution < -0.4 is 4.90 Å². The molecule has 0 saturated heterocycles. The van der Waals surface area contributed by atoms with Gasteiger partial charge in [0.25, 0.3) is 0 Å². The Kier molecular flexibility index (Phi) is 5.10. The van der Waals surface area contributed by atoms with Gasteiger partial charge in [-0.05, 0) is 71.8 Å². The van der Waals surface area contributed by atoms with Gasteiger partial charge in [-0.2, -0.15) is 0 Å². The summed E-state index contributed by atoms with van der Waals surface area (Å²) in [5.74, 6) is 0.893. The van der Waals surface area contributed by atoms with Gasteiger partial charge in [0.1, 0.15) is 5.82 Å². The molecule has 4 heteroatoms. The van der Waals surface area contributed by atoms with E-state index in [2.05, 4.69) is 137 Å². The lowest BCUT2D eigenvalue weighted by atomic mass is 10.1. The third-order valence-electron chi connectivity index (χ3n) is 7.59. The molecule has 1 aliphatic rings. The molecular formula is C36H24N4. The summed E-state index contributed by atoms with van der Waals surface area (Å²) in [6.45, 7) is 0. The molecule has 0 fully saturated rings. The van der Waals surface area contributed by atoms with Gasteiger partial charge in [-0.25, -0.2) is 4.98 Å². The minimum atomic E-state index is 0.893. The van der Waals surface area contributed by atoms with Gasteiger partial charge in [-0.1, -0.05) is 78.9 Å². The summed E-state index contributed by atoms with van der Waals surface area (Å²) in [6, 6.07) is 44.5. The number of hydrogen-bond acceptors (Lipinski definition) is 3. The Morgan fingerprint density at radius 1 is 0.525 bits per heavy atom. The molecule has 0 N–H and O–H groups in total. The second-order valence-electron chi connectivity index (χ2n) is 9.95. The molecule has 5 aromatic carbocycles. The molecule has 0 saturated carbocycles. The van der Waals surface area contributed by atoms with Crippen LogP contribution in [0.1, 0.15) is 11.1 Å². The van der Waals surface area contributed by atoms with Crippen LogP contribution in [0.5, 0.6) is 0 Å². The molecule has 0 atom stereocenters. The second kappa shape index (κ2) is 9.07. The number of benzene rings is 5. The Morgan fingerprint density at radius 2 is 1.18 bits per heavy atom. The Hall–Kier alpha value is -5.48. The van der Waals surface area contributed by atoms with Crippen molar-refractivity contribution in [3.63, 3.8) is 0 Å². The van der Waals surface area contributed by atoms with Gasteiger partial charge in [-0.15, -0.1) is 0 Å². The van der Waals surface area contributed by atoms with Crippen LogP contribution in [-0.4, -0.2) is 14.5 Å². The van der Waals surface area contributed by atoms with Gasteiger partial charge in [0.15, 0.2) is 0 Å². The number of hydrogen-bond donors (Lipinski definition) is 0. The van der Waals surface area contributed by atoms with Crippen molar-refractivity contribution in [3.05, 3.63) is 145 Å². The fourth-order valence-corrected chi connectivity index (χ4v) is 5.74. The molecular weight excluding hydrogens is 488 g/mol. The molecule has 188 valence electrons. The van der Waals surface area contributed by atoms with Crippen molar-refractivity contribution in [2.24, 2.45) is 0 Å². The number of nitrogens with zero attached hydrogens (tertiary/aromatic N) is 4. The topological polar surface area (TPSA) is 34.0 Å². The molecule has 0 spiro atoms. The molecule has 0 aliphatic carbocycles. The minimum Gasteiger partial charge on any atom is -0.309 e. The summed E-state index contributed by atoms with van der Waals surface area (Å²) in [5.41, 5.74) is 10.8. The number of para-hydroxylation sites is 5. The molecule has 1 aliphatic heterocycles. The fraction of sp³-hybridized carbons (Fsp3) is 0. The lowest BCUT2D eigenvalue weighted by molar-refractivity contribution is 1.11. The zero-order chi connectivity index (χ0) is 26.5. The van der Waals surface area contributed by atoms with E-state index in [1.54, 1.807) is 0 Å². The first-order valence-corrected chi connectivity index (χ1v) is 13.4. The van der Waals surface area contributed by atoms with Crippen molar-refractivity contribution in [1.29, 1.82) is 0 Å². The standard InChI is InChI=1S/C36H24N4/c1-4-14-31-25(9-1)18-19-26-10-2-5-15-32(26)39(31)29-22-20-28(21-23-29)36-38-30-13-3-6-16-33(30)40(36)34-17-7-11-27-12-8-24-37-35(27)34/h1-24H. The van der Waals surface area contributed by atoms with E-state index < -0.39 is 0 Å². The van der Waals surface area contributed by atoms with E-state index in [0.29, 0.717) is 0 Å². The molecule has 40 heavy (non-hydrogen) atoms. The predicted molar refractivity (Wildman–Crippen MR) is 165 cm³/mol. The molecule has 3 heterocycles. The first-order valence-electron chi connectivity index (χ1n) is 13.4. The van der Waals surface area contributed by atoms with Crippen molar-refractivity contribution in [2.45, 2.75) is 0 Å². The molecule has 2 aromatic heterocycles. The van der Waals surface area contributed by atoms with Gasteiger partial charge in [0, 0.05) is 22.8 Å². The van der Waals surface area contributed by atoms with Crippen LogP contribution in [0.25, 0.3) is 51.2 Å². The van der Waals surface area contributed by atoms with Crippen molar-refractivity contribution < 1.29 is 0 Å². The highest BCUT2D eigenvalue weighted by atomic mass is 15.1. The zero-order valence-corrected chi connectivity index (χ0v) is 21.6. The van der Waals surface area contributed by atoms with Gasteiger partial charge in [0.05, 0.1) is 33.6 Å². The summed E-state index contributed by atoms with van der Waals surface area (Å²) < 4.78 is 2.24. The minimum absolute atomic E-state index is 0.893. The van der Waals surface area contributed by atoms with Crippen molar-refractivity contribution in [1.82, 2.24) is 14.5 Å². The number of pyridine rings is 1. The average Bonchev–Trinajstić information content (AvgIpc) is 3.32. The summed E-state index contributed by atoms with van der Waals surface area (Å²) >= 11 is 0. The average molecular weight is 513 g/mol. The summed E-state index contributed by atoms with van der Waals surface area (Å²) in [6.07, 6.45) is 6.25. The van der Waals surface area contributed by atoms with E-state index in [1.165, 1.54) is 11.1 Å². The van der Waals surface area contributed by atoms with E-state index in [4.69, 9.17) is 9.97 Å². The van der Waals surface area contributed by atoms with Crippen molar-refractivity contribution in [2.75, 3.05) is 4.90 Å². The van der Waals surface area contributed by atoms with E-state index in [1.807, 2.05) is 18.3 Å². The third-order valence-corrected chi connectivity index (χ3v) is 7.59. The normalized spacial score (nSPS) is 12.3. The number of imidazole rings is 1. The van der Waals surface area contributed by atoms with Gasteiger partial charge >= 0.3 is 0 Å². The molecule has 0 bridgehead atoms. The number of fused-ring (bicyclic) bond motifs is 4. The van der Waals surface area contributed by atoms with Crippen LogP contribution in [0, 0.1) is 0 Å². The molecule has 8 rings (SSSR count). The monoisotopic (exact) mass is 512 g/mol. The van der Waals surface area contributed by atoms with Crippen LogP contribution in [-0.2, 0) is 0 Å². The molecule has 7 aromatic rings. The van der Waals surface area contributed by atoms with Gasteiger partial charge < -0.3 is 4.90 Å². The fourth-order valence-electron chi connectivity index (χ4n) is 5.74. The first-order chi connectivity index (χ1) is 19.8. The smallest absolute Gasteiger partial charge is 0.145 e. The Morgan fingerprint density at radius 3 is 1.95 bits per heavy atom. The highest BCUT2D eigenvalue weighted by Crippen LogP contribution is 2.42. The number of aromatic nitrogens is 3. The van der Waals surface area contributed by atoms with E-state index >= 15 is 0 Å². The third kappa shape index (κ3) is 3.54. The van der Waals surface area contributed by atoms with E-state index in [0.717, 1.165) is 56.1 Å². The predicted octanol–water partition coefficient (Wildman–Crippen LogP) is 9.19. The summed E-state index contributed by atoms with van der Waals surface area (Å²) in [5, 5.41) is 1.10. The first kappa shape index (κ1) is 22.5. The van der Waals surface area contributed by atoms with Crippen LogP contribution in [0.4, 0.5) is 17.1 Å². The second-order valence-corrected chi connectivity index (χ2v) is 9.95. The zero-order valence-electron chi connectivity index (χ0n) is 21.6. The van der Waals surface area contributed by atoms with Crippen LogP contribution in [0.3, 0.4) is 0 Å². The van der Waals surface area contributed by atoms with Crippen LogP contribution in [0.2, 0.25) is 0 Å². The molecule has 0 amide bonds. The Balaban J connectivity index is 1.30. The highest BCUT2D eigenvalue weighted by Gasteiger charge is 2.21. The van der Waals surface area contributed by atoms with Gasteiger partial charge in [0.2, 0.25) is 0 Å². The van der Waals surface area contributed by atoms with Crippen molar-refractivity contribution in [3.8, 4) is 17.1 Å². The van der Waals surface area contributed by atoms with Crippen LogP contribution >= 0.6 is 0 Å². The summed E-state index contributed by atoms with van der Waals surface area (Å²) in [4.78, 5) is 12.2. The summed E-state index contributed by atoms with van der Waals surface area (Å²) in [7, 11) is 0. The van der Waals surface area contributed by atoms with Gasteiger partial charge in [-0.3, -0.25) is 9.55 Å². The number of rotatable bonds is 3. The highest BCUT2D eigenvalue weighted by molar-refractivity contribution is 5.94. The van der Waals surface area contributed by atoms with Crippen molar-refractivity contribution >= 4 is 51.2 Å².